The van der Waals surface area contributed by atoms with Gasteiger partial charge in [0.25, 0.3) is 0 Å². The highest BCUT2D eigenvalue weighted by Gasteiger charge is 2.25. The Bertz CT molecular complexity index is 181. The molecular formula is C10H18O4. The smallest absolute Gasteiger partial charge is 0.302 e. The van der Waals surface area contributed by atoms with Gasteiger partial charge in [0.1, 0.15) is 6.61 Å². The maximum absolute atomic E-state index is 10.6. The second-order valence-electron chi connectivity index (χ2n) is 3.42. The van der Waals surface area contributed by atoms with E-state index in [1.807, 2.05) is 6.92 Å². The van der Waals surface area contributed by atoms with E-state index in [-0.39, 0.29) is 18.2 Å². The summed E-state index contributed by atoms with van der Waals surface area (Å²) in [4.78, 5) is 10.6. The fourth-order valence-corrected chi connectivity index (χ4v) is 1.48. The molecule has 1 aliphatic heterocycles. The molecule has 0 aromatic heterocycles. The van der Waals surface area contributed by atoms with Gasteiger partial charge in [-0.25, -0.2) is 0 Å². The van der Waals surface area contributed by atoms with Gasteiger partial charge < -0.3 is 14.2 Å². The molecule has 0 unspecified atom stereocenters. The van der Waals surface area contributed by atoms with Crippen molar-refractivity contribution in [3.63, 3.8) is 0 Å². The van der Waals surface area contributed by atoms with Gasteiger partial charge in [0, 0.05) is 13.5 Å². The summed E-state index contributed by atoms with van der Waals surface area (Å²) in [7, 11) is 0. The highest BCUT2D eigenvalue weighted by Crippen LogP contribution is 2.20. The number of hydrogen-bond donors (Lipinski definition) is 0. The van der Waals surface area contributed by atoms with Crippen molar-refractivity contribution in [1.29, 1.82) is 0 Å². The molecule has 4 heteroatoms. The fraction of sp³-hybridized carbons (Fsp3) is 0.900. The Morgan fingerprint density at radius 2 is 2.00 bits per heavy atom. The minimum absolute atomic E-state index is 0.0596. The van der Waals surface area contributed by atoms with Crippen LogP contribution in [0.3, 0.4) is 0 Å². The quantitative estimate of drug-likeness (QED) is 0.627. The molecule has 1 fully saturated rings. The van der Waals surface area contributed by atoms with Crippen LogP contribution in [0.4, 0.5) is 0 Å². The third kappa shape index (κ3) is 4.07. The molecule has 0 bridgehead atoms. The normalized spacial score (nSPS) is 26.4. The molecule has 82 valence electrons. The number of carbonyl (C=O) groups is 1. The van der Waals surface area contributed by atoms with E-state index in [2.05, 4.69) is 0 Å². The first kappa shape index (κ1) is 11.5. The van der Waals surface area contributed by atoms with Crippen LogP contribution >= 0.6 is 0 Å². The first-order valence-corrected chi connectivity index (χ1v) is 5.09. The van der Waals surface area contributed by atoms with E-state index in [0.717, 1.165) is 12.8 Å². The van der Waals surface area contributed by atoms with Gasteiger partial charge in [0.05, 0.1) is 18.8 Å². The number of ether oxygens (including phenoxy) is 3. The van der Waals surface area contributed by atoms with Gasteiger partial charge in [-0.15, -0.1) is 0 Å². The van der Waals surface area contributed by atoms with Crippen LogP contribution in [0.2, 0.25) is 0 Å². The standard InChI is InChI=1S/C10H18O4/c1-3-12-6-9-4-5-10(14-9)7-13-8(2)11/h9-10H,3-7H2,1-2H3/t9-,10+/m1/s1. The van der Waals surface area contributed by atoms with Crippen LogP contribution in [0, 0.1) is 0 Å². The molecule has 0 amide bonds. The first-order chi connectivity index (χ1) is 6.72. The van der Waals surface area contributed by atoms with Crippen LogP contribution in [0.25, 0.3) is 0 Å². The summed E-state index contributed by atoms with van der Waals surface area (Å²) in [6.07, 6.45) is 2.18. The Hall–Kier alpha value is -0.610. The van der Waals surface area contributed by atoms with Crippen LogP contribution in [0.1, 0.15) is 26.7 Å². The van der Waals surface area contributed by atoms with Crippen LogP contribution in [-0.4, -0.2) is 38.0 Å². The molecule has 0 radical (unpaired) electrons. The Balaban J connectivity index is 2.10. The lowest BCUT2D eigenvalue weighted by Gasteiger charge is -2.13. The number of hydrogen-bond acceptors (Lipinski definition) is 4. The minimum atomic E-state index is -0.248. The molecule has 14 heavy (non-hydrogen) atoms. The molecule has 0 saturated carbocycles. The van der Waals surface area contributed by atoms with Crippen LogP contribution in [-0.2, 0) is 19.0 Å². The first-order valence-electron chi connectivity index (χ1n) is 5.09. The van der Waals surface area contributed by atoms with Gasteiger partial charge in [-0.3, -0.25) is 4.79 Å². The van der Waals surface area contributed by atoms with Crippen molar-refractivity contribution in [3.8, 4) is 0 Å². The van der Waals surface area contributed by atoms with E-state index in [0.29, 0.717) is 19.8 Å². The van der Waals surface area contributed by atoms with Crippen molar-refractivity contribution in [2.24, 2.45) is 0 Å². The topological polar surface area (TPSA) is 44.8 Å². The van der Waals surface area contributed by atoms with Crippen molar-refractivity contribution >= 4 is 5.97 Å². The van der Waals surface area contributed by atoms with Crippen molar-refractivity contribution in [3.05, 3.63) is 0 Å². The molecule has 4 nitrogen and oxygen atoms in total. The Kier molecular flexibility index (Phi) is 4.90. The number of esters is 1. The average molecular weight is 202 g/mol. The maximum Gasteiger partial charge on any atom is 0.302 e. The van der Waals surface area contributed by atoms with Crippen LogP contribution in [0.15, 0.2) is 0 Å². The highest BCUT2D eigenvalue weighted by atomic mass is 16.6. The van der Waals surface area contributed by atoms with E-state index in [4.69, 9.17) is 14.2 Å². The zero-order chi connectivity index (χ0) is 10.4. The fourth-order valence-electron chi connectivity index (χ4n) is 1.48. The van der Waals surface area contributed by atoms with Gasteiger partial charge in [-0.2, -0.15) is 0 Å². The summed E-state index contributed by atoms with van der Waals surface area (Å²) >= 11 is 0. The Labute approximate surface area is 84.5 Å². The summed E-state index contributed by atoms with van der Waals surface area (Å²) in [5.41, 5.74) is 0. The summed E-state index contributed by atoms with van der Waals surface area (Å²) in [6.45, 7) is 5.11. The molecule has 0 aliphatic carbocycles. The predicted octanol–water partition coefficient (Wildman–Crippen LogP) is 1.13. The van der Waals surface area contributed by atoms with Gasteiger partial charge in [0.15, 0.2) is 0 Å². The second-order valence-corrected chi connectivity index (χ2v) is 3.42. The molecule has 1 rings (SSSR count). The van der Waals surface area contributed by atoms with Gasteiger partial charge >= 0.3 is 5.97 Å². The van der Waals surface area contributed by atoms with Gasteiger partial charge in [-0.05, 0) is 19.8 Å². The lowest BCUT2D eigenvalue weighted by Crippen LogP contribution is -2.21. The van der Waals surface area contributed by atoms with Gasteiger partial charge in [0.2, 0.25) is 0 Å². The van der Waals surface area contributed by atoms with Crippen molar-refractivity contribution in [2.45, 2.75) is 38.9 Å². The predicted molar refractivity (Wildman–Crippen MR) is 51.0 cm³/mol. The molecule has 0 aromatic carbocycles. The van der Waals surface area contributed by atoms with Crippen LogP contribution in [0.5, 0.6) is 0 Å². The summed E-state index contributed by atoms with van der Waals surface area (Å²) in [5.74, 6) is -0.248. The SMILES string of the molecule is CCOC[C@H]1CC[C@@H](COC(C)=O)O1. The molecule has 0 spiro atoms. The molecule has 0 aromatic rings. The highest BCUT2D eigenvalue weighted by molar-refractivity contribution is 5.65. The largest absolute Gasteiger partial charge is 0.463 e. The number of rotatable bonds is 5. The second kappa shape index (κ2) is 5.98. The van der Waals surface area contributed by atoms with E-state index in [1.54, 1.807) is 0 Å². The molecule has 2 atom stereocenters. The lowest BCUT2D eigenvalue weighted by molar-refractivity contribution is -0.145. The Morgan fingerprint density at radius 1 is 1.36 bits per heavy atom. The monoisotopic (exact) mass is 202 g/mol. The molecule has 1 aliphatic rings. The zero-order valence-corrected chi connectivity index (χ0v) is 8.82. The van der Waals surface area contributed by atoms with E-state index in [9.17, 15) is 4.79 Å². The van der Waals surface area contributed by atoms with Crippen molar-refractivity contribution in [2.75, 3.05) is 19.8 Å². The molecule has 1 heterocycles. The minimum Gasteiger partial charge on any atom is -0.463 e. The summed E-state index contributed by atoms with van der Waals surface area (Å²) < 4.78 is 15.7. The third-order valence-corrected chi connectivity index (χ3v) is 2.18. The molecule has 1 saturated heterocycles. The average Bonchev–Trinajstić information content (AvgIpc) is 2.59. The van der Waals surface area contributed by atoms with Crippen molar-refractivity contribution < 1.29 is 19.0 Å². The molecule has 0 N–H and O–H groups in total. The number of carbonyl (C=O) groups excluding carboxylic acids is 1. The third-order valence-electron chi connectivity index (χ3n) is 2.18. The van der Waals surface area contributed by atoms with E-state index in [1.165, 1.54) is 6.92 Å². The summed E-state index contributed by atoms with van der Waals surface area (Å²) in [5, 5.41) is 0. The maximum atomic E-state index is 10.6. The van der Waals surface area contributed by atoms with Crippen LogP contribution < -0.4 is 0 Å². The van der Waals surface area contributed by atoms with Crippen molar-refractivity contribution in [1.82, 2.24) is 0 Å². The van der Waals surface area contributed by atoms with E-state index < -0.39 is 0 Å². The summed E-state index contributed by atoms with van der Waals surface area (Å²) in [6, 6.07) is 0. The molecular weight excluding hydrogens is 184 g/mol. The lowest BCUT2D eigenvalue weighted by atomic mass is 10.2. The van der Waals surface area contributed by atoms with E-state index >= 15 is 0 Å². The Morgan fingerprint density at radius 3 is 2.57 bits per heavy atom. The van der Waals surface area contributed by atoms with Gasteiger partial charge in [-0.1, -0.05) is 0 Å². The zero-order valence-electron chi connectivity index (χ0n) is 8.82.